The van der Waals surface area contributed by atoms with Crippen molar-refractivity contribution in [2.45, 2.75) is 50.6 Å². The molecule has 0 amide bonds. The molecule has 0 aromatic carbocycles. The predicted molar refractivity (Wildman–Crippen MR) is 85.8 cm³/mol. The maximum atomic E-state index is 12.4. The zero-order valence-electron chi connectivity index (χ0n) is 13.0. The van der Waals surface area contributed by atoms with Crippen LogP contribution >= 0.6 is 11.3 Å². The van der Waals surface area contributed by atoms with Crippen molar-refractivity contribution in [1.29, 1.82) is 0 Å². The topological polar surface area (TPSA) is 86.7 Å². The second kappa shape index (κ2) is 6.66. The van der Waals surface area contributed by atoms with Gasteiger partial charge in [0.2, 0.25) is 10.0 Å². The summed E-state index contributed by atoms with van der Waals surface area (Å²) < 4.78 is 27.5. The Morgan fingerprint density at radius 3 is 2.55 bits per heavy atom. The molecule has 22 heavy (non-hydrogen) atoms. The number of carbonyl (C=O) groups is 1. The van der Waals surface area contributed by atoms with Crippen molar-refractivity contribution in [3.05, 3.63) is 15.8 Å². The molecule has 0 saturated heterocycles. The van der Waals surface area contributed by atoms with Crippen LogP contribution in [0.15, 0.2) is 11.0 Å². The first-order valence-corrected chi connectivity index (χ1v) is 9.58. The molecule has 1 fully saturated rings. The van der Waals surface area contributed by atoms with E-state index in [1.807, 2.05) is 25.7 Å². The Morgan fingerprint density at radius 2 is 2.09 bits per heavy atom. The normalized spacial score (nSPS) is 21.8. The minimum absolute atomic E-state index is 0.00344. The number of nitrogens with zero attached hydrogens (tertiary/aromatic N) is 1. The molecule has 6 nitrogen and oxygen atoms in total. The number of carboxylic acid groups (broad SMARTS) is 1. The van der Waals surface area contributed by atoms with Gasteiger partial charge in [-0.15, -0.1) is 11.3 Å². The van der Waals surface area contributed by atoms with E-state index in [1.165, 1.54) is 11.3 Å². The number of hydrogen-bond donors (Lipinski definition) is 2. The van der Waals surface area contributed by atoms with Crippen LogP contribution < -0.4 is 4.72 Å². The summed E-state index contributed by atoms with van der Waals surface area (Å²) in [6.45, 7) is 6.27. The Kier molecular flexibility index (Phi) is 5.26. The number of aryl methyl sites for hydroxylation is 2. The van der Waals surface area contributed by atoms with Crippen molar-refractivity contribution in [2.75, 3.05) is 13.1 Å². The first kappa shape index (κ1) is 17.4. The number of nitrogens with one attached hydrogen (secondary N) is 1. The molecule has 1 aliphatic rings. The van der Waals surface area contributed by atoms with Gasteiger partial charge in [0.1, 0.15) is 0 Å². The van der Waals surface area contributed by atoms with Crippen molar-refractivity contribution in [1.82, 2.24) is 9.62 Å². The first-order valence-electron chi connectivity index (χ1n) is 7.28. The second-order valence-electron chi connectivity index (χ2n) is 5.68. The molecule has 1 heterocycles. The summed E-state index contributed by atoms with van der Waals surface area (Å²) in [6.07, 6.45) is 1.31. The van der Waals surface area contributed by atoms with Crippen molar-refractivity contribution in [2.24, 2.45) is 0 Å². The lowest BCUT2D eigenvalue weighted by Gasteiger charge is -2.42. The minimum Gasteiger partial charge on any atom is -0.480 e. The summed E-state index contributed by atoms with van der Waals surface area (Å²) in [7, 11) is -3.48. The SMILES string of the molecule is CCN(CC(=O)O)C1CC(NS(=O)(=O)c2cc(C)sc2C)C1. The smallest absolute Gasteiger partial charge is 0.317 e. The van der Waals surface area contributed by atoms with E-state index >= 15 is 0 Å². The zero-order valence-corrected chi connectivity index (χ0v) is 14.6. The standard InChI is InChI=1S/C14H22N2O4S2/c1-4-16(8-14(17)18)12-6-11(7-12)15-22(19,20)13-5-9(2)21-10(13)3/h5,11-12,15H,4,6-8H2,1-3H3,(H,17,18). The van der Waals surface area contributed by atoms with Gasteiger partial charge in [-0.05, 0) is 39.3 Å². The van der Waals surface area contributed by atoms with E-state index in [0.717, 1.165) is 9.75 Å². The molecular weight excluding hydrogens is 324 g/mol. The monoisotopic (exact) mass is 346 g/mol. The van der Waals surface area contributed by atoms with Crippen molar-refractivity contribution in [3.63, 3.8) is 0 Å². The summed E-state index contributed by atoms with van der Waals surface area (Å²) in [5, 5.41) is 8.87. The van der Waals surface area contributed by atoms with Gasteiger partial charge in [-0.2, -0.15) is 0 Å². The number of aliphatic carboxylic acids is 1. The maximum Gasteiger partial charge on any atom is 0.317 e. The number of thiophene rings is 1. The molecule has 0 aliphatic heterocycles. The molecule has 1 aliphatic carbocycles. The fraction of sp³-hybridized carbons (Fsp3) is 0.643. The van der Waals surface area contributed by atoms with E-state index < -0.39 is 16.0 Å². The van der Waals surface area contributed by atoms with Crippen LogP contribution in [0.2, 0.25) is 0 Å². The van der Waals surface area contributed by atoms with Gasteiger partial charge < -0.3 is 5.11 Å². The van der Waals surface area contributed by atoms with Gasteiger partial charge in [-0.25, -0.2) is 13.1 Å². The highest BCUT2D eigenvalue weighted by atomic mass is 32.2. The summed E-state index contributed by atoms with van der Waals surface area (Å²) >= 11 is 1.47. The lowest BCUT2D eigenvalue weighted by atomic mass is 9.86. The Balaban J connectivity index is 1.94. The Morgan fingerprint density at radius 1 is 1.45 bits per heavy atom. The molecule has 0 atom stereocenters. The van der Waals surface area contributed by atoms with Gasteiger partial charge in [-0.3, -0.25) is 9.69 Å². The van der Waals surface area contributed by atoms with Crippen LogP contribution in [-0.2, 0) is 14.8 Å². The Bertz CT molecular complexity index is 648. The molecule has 1 saturated carbocycles. The maximum absolute atomic E-state index is 12.4. The Hall–Kier alpha value is -0.960. The first-order chi connectivity index (χ1) is 10.2. The molecule has 0 radical (unpaired) electrons. The number of rotatable bonds is 7. The van der Waals surface area contributed by atoms with Gasteiger partial charge in [0.25, 0.3) is 0 Å². The Labute approximate surface area is 135 Å². The van der Waals surface area contributed by atoms with E-state index in [4.69, 9.17) is 5.11 Å². The van der Waals surface area contributed by atoms with E-state index in [-0.39, 0.29) is 18.6 Å². The number of likely N-dealkylation sites (N-methyl/N-ethyl adjacent to an activating group) is 1. The molecule has 2 rings (SSSR count). The summed E-state index contributed by atoms with van der Waals surface area (Å²) in [6, 6.07) is 1.72. The molecule has 124 valence electrons. The largest absolute Gasteiger partial charge is 0.480 e. The van der Waals surface area contributed by atoms with E-state index in [2.05, 4.69) is 4.72 Å². The average Bonchev–Trinajstić information content (AvgIpc) is 2.70. The fourth-order valence-corrected chi connectivity index (χ4v) is 5.63. The zero-order chi connectivity index (χ0) is 16.5. The molecule has 8 heteroatoms. The van der Waals surface area contributed by atoms with Crippen molar-refractivity contribution in [3.8, 4) is 0 Å². The van der Waals surface area contributed by atoms with Crippen LogP contribution in [0, 0.1) is 13.8 Å². The van der Waals surface area contributed by atoms with Gasteiger partial charge in [0, 0.05) is 21.8 Å². The van der Waals surface area contributed by atoms with Gasteiger partial charge in [0.15, 0.2) is 0 Å². The average molecular weight is 346 g/mol. The third-order valence-electron chi connectivity index (χ3n) is 3.98. The highest BCUT2D eigenvalue weighted by Gasteiger charge is 2.36. The summed E-state index contributed by atoms with van der Waals surface area (Å²) in [4.78, 5) is 14.8. The predicted octanol–water partition coefficient (Wildman–Crippen LogP) is 1.58. The van der Waals surface area contributed by atoms with Crippen LogP contribution in [0.5, 0.6) is 0 Å². The number of sulfonamides is 1. The van der Waals surface area contributed by atoms with E-state index in [9.17, 15) is 13.2 Å². The minimum atomic E-state index is -3.48. The van der Waals surface area contributed by atoms with E-state index in [1.54, 1.807) is 6.07 Å². The van der Waals surface area contributed by atoms with Crippen LogP contribution in [0.25, 0.3) is 0 Å². The number of hydrogen-bond acceptors (Lipinski definition) is 5. The quantitative estimate of drug-likeness (QED) is 0.783. The van der Waals surface area contributed by atoms with Gasteiger partial charge in [-0.1, -0.05) is 6.92 Å². The third kappa shape index (κ3) is 3.87. The fourth-order valence-electron chi connectivity index (χ4n) is 2.81. The lowest BCUT2D eigenvalue weighted by Crippen LogP contribution is -2.54. The molecule has 1 aromatic heterocycles. The highest BCUT2D eigenvalue weighted by Crippen LogP contribution is 2.29. The van der Waals surface area contributed by atoms with Crippen LogP contribution in [0.1, 0.15) is 29.5 Å². The van der Waals surface area contributed by atoms with E-state index in [0.29, 0.717) is 24.3 Å². The van der Waals surface area contributed by atoms with Crippen LogP contribution in [0.4, 0.5) is 0 Å². The molecule has 2 N–H and O–H groups in total. The van der Waals surface area contributed by atoms with Crippen LogP contribution in [-0.4, -0.2) is 49.6 Å². The summed E-state index contributed by atoms with van der Waals surface area (Å²) in [5.41, 5.74) is 0. The van der Waals surface area contributed by atoms with Crippen LogP contribution in [0.3, 0.4) is 0 Å². The molecular formula is C14H22N2O4S2. The second-order valence-corrected chi connectivity index (χ2v) is 8.82. The summed E-state index contributed by atoms with van der Waals surface area (Å²) in [5.74, 6) is -0.852. The van der Waals surface area contributed by atoms with Crippen molar-refractivity contribution >= 4 is 27.3 Å². The molecule has 0 unspecified atom stereocenters. The van der Waals surface area contributed by atoms with Gasteiger partial charge in [0.05, 0.1) is 11.4 Å². The third-order valence-corrected chi connectivity index (χ3v) is 6.72. The molecule has 1 aromatic rings. The number of carboxylic acids is 1. The lowest BCUT2D eigenvalue weighted by molar-refractivity contribution is -0.139. The molecule has 0 bridgehead atoms. The van der Waals surface area contributed by atoms with Crippen molar-refractivity contribution < 1.29 is 18.3 Å². The highest BCUT2D eigenvalue weighted by molar-refractivity contribution is 7.89. The molecule has 0 spiro atoms. The van der Waals surface area contributed by atoms with Gasteiger partial charge >= 0.3 is 5.97 Å².